The lowest BCUT2D eigenvalue weighted by Crippen LogP contribution is -2.12. The molecule has 18 heavy (non-hydrogen) atoms. The lowest BCUT2D eigenvalue weighted by molar-refractivity contribution is 0.0683. The predicted molar refractivity (Wildman–Crippen MR) is 63.6 cm³/mol. The first-order valence-electron chi connectivity index (χ1n) is 5.81. The molecular weight excluding hydrogens is 234 g/mol. The number of hydrogen-bond donors (Lipinski definition) is 1. The van der Waals surface area contributed by atoms with Crippen molar-refractivity contribution in [3.05, 3.63) is 29.7 Å². The van der Waals surface area contributed by atoms with Gasteiger partial charge in [-0.15, -0.1) is 0 Å². The average Bonchev–Trinajstić information content (AvgIpc) is 2.97. The van der Waals surface area contributed by atoms with E-state index in [0.29, 0.717) is 18.3 Å². The summed E-state index contributed by atoms with van der Waals surface area (Å²) in [6, 6.07) is -0.464. The minimum Gasteiger partial charge on any atom is -0.371 e. The smallest absolute Gasteiger partial charge is 0.248 e. The van der Waals surface area contributed by atoms with E-state index in [0.717, 1.165) is 5.56 Å². The van der Waals surface area contributed by atoms with Gasteiger partial charge in [-0.3, -0.25) is 4.68 Å². The maximum absolute atomic E-state index is 6.03. The topological polar surface area (TPSA) is 92.0 Å². The molecule has 2 heterocycles. The Morgan fingerprint density at radius 2 is 2.33 bits per heavy atom. The molecule has 0 saturated heterocycles. The SMILES string of the molecule is CCOC(C)c1noc(C(N)c2cnn(C)c2)n1. The Labute approximate surface area is 105 Å². The van der Waals surface area contributed by atoms with Gasteiger partial charge in [-0.2, -0.15) is 10.1 Å². The second kappa shape index (κ2) is 5.28. The molecule has 98 valence electrons. The van der Waals surface area contributed by atoms with E-state index in [1.165, 1.54) is 0 Å². The number of rotatable bonds is 5. The zero-order chi connectivity index (χ0) is 13.1. The van der Waals surface area contributed by atoms with Crippen LogP contribution in [-0.2, 0) is 11.8 Å². The molecule has 0 spiro atoms. The second-order valence-electron chi connectivity index (χ2n) is 4.01. The Morgan fingerprint density at radius 3 is 2.94 bits per heavy atom. The molecule has 2 atom stereocenters. The maximum atomic E-state index is 6.03. The van der Waals surface area contributed by atoms with E-state index >= 15 is 0 Å². The lowest BCUT2D eigenvalue weighted by atomic mass is 10.2. The number of hydrogen-bond acceptors (Lipinski definition) is 6. The Kier molecular flexibility index (Phi) is 3.73. The number of ether oxygens (including phenoxy) is 1. The molecule has 0 aliphatic rings. The van der Waals surface area contributed by atoms with Crippen molar-refractivity contribution in [2.45, 2.75) is 26.0 Å². The van der Waals surface area contributed by atoms with Gasteiger partial charge in [-0.05, 0) is 13.8 Å². The highest BCUT2D eigenvalue weighted by Gasteiger charge is 2.20. The van der Waals surface area contributed by atoms with Gasteiger partial charge in [0.05, 0.1) is 6.20 Å². The minimum atomic E-state index is -0.464. The average molecular weight is 251 g/mol. The number of nitrogens with zero attached hydrogens (tertiary/aromatic N) is 4. The molecule has 0 aliphatic carbocycles. The maximum Gasteiger partial charge on any atom is 0.248 e. The van der Waals surface area contributed by atoms with Gasteiger partial charge >= 0.3 is 0 Å². The van der Waals surface area contributed by atoms with Crippen molar-refractivity contribution in [2.24, 2.45) is 12.8 Å². The molecule has 2 unspecified atom stereocenters. The highest BCUT2D eigenvalue weighted by Crippen LogP contribution is 2.20. The Hall–Kier alpha value is -1.73. The van der Waals surface area contributed by atoms with Crippen molar-refractivity contribution < 1.29 is 9.26 Å². The van der Waals surface area contributed by atoms with Crippen molar-refractivity contribution in [1.29, 1.82) is 0 Å². The van der Waals surface area contributed by atoms with Gasteiger partial charge in [0.2, 0.25) is 5.89 Å². The van der Waals surface area contributed by atoms with E-state index in [1.54, 1.807) is 10.9 Å². The van der Waals surface area contributed by atoms with Crippen LogP contribution in [0.2, 0.25) is 0 Å². The molecule has 2 rings (SSSR count). The summed E-state index contributed by atoms with van der Waals surface area (Å²) in [5.41, 5.74) is 6.86. The summed E-state index contributed by atoms with van der Waals surface area (Å²) in [5, 5.41) is 7.93. The molecule has 7 nitrogen and oxygen atoms in total. The molecule has 0 bridgehead atoms. The standard InChI is InChI=1S/C11H17N5O2/c1-4-17-7(2)10-14-11(18-15-10)9(12)8-5-13-16(3)6-8/h5-7,9H,4,12H2,1-3H3. The van der Waals surface area contributed by atoms with Crippen LogP contribution in [0.25, 0.3) is 0 Å². The first-order valence-corrected chi connectivity index (χ1v) is 5.81. The molecule has 0 radical (unpaired) electrons. The number of nitrogens with two attached hydrogens (primary N) is 1. The summed E-state index contributed by atoms with van der Waals surface area (Å²) >= 11 is 0. The number of aromatic nitrogens is 4. The summed E-state index contributed by atoms with van der Waals surface area (Å²) in [5.74, 6) is 0.871. The first kappa shape index (κ1) is 12.7. The third-order valence-electron chi connectivity index (χ3n) is 2.59. The summed E-state index contributed by atoms with van der Waals surface area (Å²) in [6.07, 6.45) is 3.30. The highest BCUT2D eigenvalue weighted by atomic mass is 16.5. The van der Waals surface area contributed by atoms with Gasteiger partial charge in [-0.25, -0.2) is 0 Å². The van der Waals surface area contributed by atoms with Crippen molar-refractivity contribution in [3.8, 4) is 0 Å². The fourth-order valence-electron chi connectivity index (χ4n) is 1.61. The van der Waals surface area contributed by atoms with Gasteiger partial charge in [0.25, 0.3) is 0 Å². The van der Waals surface area contributed by atoms with E-state index in [2.05, 4.69) is 15.2 Å². The van der Waals surface area contributed by atoms with Gasteiger partial charge in [0.1, 0.15) is 12.1 Å². The third kappa shape index (κ3) is 2.57. The van der Waals surface area contributed by atoms with E-state index in [9.17, 15) is 0 Å². The largest absolute Gasteiger partial charge is 0.371 e. The molecule has 2 aromatic rings. The molecule has 0 saturated carbocycles. The van der Waals surface area contributed by atoms with Crippen molar-refractivity contribution >= 4 is 0 Å². The fourth-order valence-corrected chi connectivity index (χ4v) is 1.61. The van der Waals surface area contributed by atoms with Crippen LogP contribution in [-0.4, -0.2) is 26.5 Å². The minimum absolute atomic E-state index is 0.200. The zero-order valence-electron chi connectivity index (χ0n) is 10.7. The molecule has 2 N–H and O–H groups in total. The Morgan fingerprint density at radius 1 is 1.56 bits per heavy atom. The summed E-state index contributed by atoms with van der Waals surface area (Å²) in [4.78, 5) is 4.25. The lowest BCUT2D eigenvalue weighted by Gasteiger charge is -2.05. The zero-order valence-corrected chi connectivity index (χ0v) is 10.7. The molecule has 7 heteroatoms. The van der Waals surface area contributed by atoms with Crippen LogP contribution in [0, 0.1) is 0 Å². The molecular formula is C11H17N5O2. The van der Waals surface area contributed by atoms with E-state index < -0.39 is 6.04 Å². The Bertz CT molecular complexity index is 507. The van der Waals surface area contributed by atoms with E-state index in [4.69, 9.17) is 15.0 Å². The monoisotopic (exact) mass is 251 g/mol. The third-order valence-corrected chi connectivity index (χ3v) is 2.59. The number of aryl methyl sites for hydroxylation is 1. The van der Waals surface area contributed by atoms with Gasteiger partial charge in [0.15, 0.2) is 5.82 Å². The molecule has 0 aliphatic heterocycles. The van der Waals surface area contributed by atoms with E-state index in [1.807, 2.05) is 27.1 Å². The van der Waals surface area contributed by atoms with Crippen LogP contribution in [0.1, 0.15) is 43.3 Å². The van der Waals surface area contributed by atoms with Gasteiger partial charge in [-0.1, -0.05) is 5.16 Å². The summed E-state index contributed by atoms with van der Waals surface area (Å²) in [6.45, 7) is 4.38. The normalized spacial score (nSPS) is 14.7. The molecule has 0 amide bonds. The van der Waals surface area contributed by atoms with Crippen molar-refractivity contribution in [2.75, 3.05) is 6.61 Å². The molecule has 0 aromatic carbocycles. The molecule has 0 fully saturated rings. The highest BCUT2D eigenvalue weighted by molar-refractivity contribution is 5.16. The predicted octanol–water partition coefficient (Wildman–Crippen LogP) is 0.949. The summed E-state index contributed by atoms with van der Waals surface area (Å²) < 4.78 is 12.2. The van der Waals surface area contributed by atoms with Crippen LogP contribution >= 0.6 is 0 Å². The van der Waals surface area contributed by atoms with Crippen LogP contribution in [0.4, 0.5) is 0 Å². The molecule has 2 aromatic heterocycles. The van der Waals surface area contributed by atoms with Crippen molar-refractivity contribution in [3.63, 3.8) is 0 Å². The van der Waals surface area contributed by atoms with Gasteiger partial charge < -0.3 is 15.0 Å². The van der Waals surface area contributed by atoms with Crippen molar-refractivity contribution in [1.82, 2.24) is 19.9 Å². The van der Waals surface area contributed by atoms with Crippen LogP contribution in [0.3, 0.4) is 0 Å². The second-order valence-corrected chi connectivity index (χ2v) is 4.01. The van der Waals surface area contributed by atoms with Crippen LogP contribution in [0.15, 0.2) is 16.9 Å². The Balaban J connectivity index is 2.14. The van der Waals surface area contributed by atoms with Gasteiger partial charge in [0, 0.05) is 25.4 Å². The van der Waals surface area contributed by atoms with Crippen LogP contribution < -0.4 is 5.73 Å². The fraction of sp³-hybridized carbons (Fsp3) is 0.545. The quantitative estimate of drug-likeness (QED) is 0.850. The first-order chi connectivity index (χ1) is 8.61. The summed E-state index contributed by atoms with van der Waals surface area (Å²) in [7, 11) is 1.83. The van der Waals surface area contributed by atoms with Crippen LogP contribution in [0.5, 0.6) is 0 Å². The van der Waals surface area contributed by atoms with E-state index in [-0.39, 0.29) is 6.10 Å².